The fourth-order valence-electron chi connectivity index (χ4n) is 1.89. The van der Waals surface area contributed by atoms with Crippen LogP contribution in [0.25, 0.3) is 0 Å². The molecule has 0 aliphatic rings. The van der Waals surface area contributed by atoms with Crippen molar-refractivity contribution in [2.75, 3.05) is 31.9 Å². The second-order valence-corrected chi connectivity index (χ2v) is 4.41. The van der Waals surface area contributed by atoms with Gasteiger partial charge in [-0.1, -0.05) is 20.8 Å². The van der Waals surface area contributed by atoms with E-state index in [9.17, 15) is 4.79 Å². The van der Waals surface area contributed by atoms with Gasteiger partial charge in [0.05, 0.1) is 0 Å². The van der Waals surface area contributed by atoms with Gasteiger partial charge in [0.2, 0.25) is 0 Å². The van der Waals surface area contributed by atoms with Crippen molar-refractivity contribution < 1.29 is 4.79 Å². The number of aromatic nitrogens is 1. The molecule has 0 aliphatic carbocycles. The number of anilines is 1. The van der Waals surface area contributed by atoms with Crippen molar-refractivity contribution in [1.29, 1.82) is 0 Å². The summed E-state index contributed by atoms with van der Waals surface area (Å²) in [5.41, 5.74) is 7.12. The van der Waals surface area contributed by atoms with Gasteiger partial charge in [-0.15, -0.1) is 0 Å². The number of pyridine rings is 1. The standard InChI is InChI=1S/C14H24N4O/c1-4-12-9-11(10-13(15)17-12)14(19)16-7-8-18(5-2)6-3/h9-10H,4-8H2,1-3H3,(H2,15,17)(H,16,19). The van der Waals surface area contributed by atoms with Crippen LogP contribution >= 0.6 is 0 Å². The third kappa shape index (κ3) is 4.87. The van der Waals surface area contributed by atoms with Crippen molar-refractivity contribution in [1.82, 2.24) is 15.2 Å². The number of nitrogen functional groups attached to an aromatic ring is 1. The number of carbonyl (C=O) groups excluding carboxylic acids is 1. The first kappa shape index (κ1) is 15.4. The Hall–Kier alpha value is -1.62. The zero-order valence-corrected chi connectivity index (χ0v) is 12.1. The minimum absolute atomic E-state index is 0.0871. The predicted octanol–water partition coefficient (Wildman–Crippen LogP) is 1.30. The highest BCUT2D eigenvalue weighted by Gasteiger charge is 2.08. The van der Waals surface area contributed by atoms with Crippen LogP contribution in [0.3, 0.4) is 0 Å². The molecule has 0 radical (unpaired) electrons. The smallest absolute Gasteiger partial charge is 0.251 e. The highest BCUT2D eigenvalue weighted by Crippen LogP contribution is 2.08. The van der Waals surface area contributed by atoms with Crippen LogP contribution in [-0.2, 0) is 6.42 Å². The molecule has 0 saturated heterocycles. The molecule has 0 spiro atoms. The van der Waals surface area contributed by atoms with Crippen molar-refractivity contribution in [2.24, 2.45) is 0 Å². The number of carbonyl (C=O) groups is 1. The van der Waals surface area contributed by atoms with E-state index in [1.165, 1.54) is 0 Å². The summed E-state index contributed by atoms with van der Waals surface area (Å²) in [5, 5.41) is 2.91. The lowest BCUT2D eigenvalue weighted by atomic mass is 10.2. The van der Waals surface area contributed by atoms with Crippen LogP contribution in [0.1, 0.15) is 36.8 Å². The molecule has 1 aromatic rings. The highest BCUT2D eigenvalue weighted by atomic mass is 16.1. The molecule has 5 nitrogen and oxygen atoms in total. The van der Waals surface area contributed by atoms with E-state index < -0.39 is 0 Å². The Bertz CT molecular complexity index is 416. The number of nitrogens with zero attached hydrogens (tertiary/aromatic N) is 2. The summed E-state index contributed by atoms with van der Waals surface area (Å²) in [7, 11) is 0. The van der Waals surface area contributed by atoms with Crippen molar-refractivity contribution >= 4 is 11.7 Å². The van der Waals surface area contributed by atoms with E-state index in [0.717, 1.165) is 31.7 Å². The third-order valence-corrected chi connectivity index (χ3v) is 3.13. The predicted molar refractivity (Wildman–Crippen MR) is 78.1 cm³/mol. The molecule has 1 amide bonds. The molecular weight excluding hydrogens is 240 g/mol. The lowest BCUT2D eigenvalue weighted by Crippen LogP contribution is -2.34. The first-order valence-corrected chi connectivity index (χ1v) is 6.87. The van der Waals surface area contributed by atoms with Crippen molar-refractivity contribution in [2.45, 2.75) is 27.2 Å². The molecule has 0 aromatic carbocycles. The van der Waals surface area contributed by atoms with E-state index >= 15 is 0 Å². The van der Waals surface area contributed by atoms with Crippen LogP contribution in [0.15, 0.2) is 12.1 Å². The van der Waals surface area contributed by atoms with Crippen LogP contribution in [0.4, 0.5) is 5.82 Å². The van der Waals surface area contributed by atoms with E-state index in [1.807, 2.05) is 6.92 Å². The average molecular weight is 264 g/mol. The summed E-state index contributed by atoms with van der Waals surface area (Å²) in [4.78, 5) is 18.4. The molecule has 0 saturated carbocycles. The second-order valence-electron chi connectivity index (χ2n) is 4.41. The lowest BCUT2D eigenvalue weighted by molar-refractivity contribution is 0.0948. The minimum atomic E-state index is -0.0871. The minimum Gasteiger partial charge on any atom is -0.384 e. The van der Waals surface area contributed by atoms with Crippen LogP contribution in [0.5, 0.6) is 0 Å². The fraction of sp³-hybridized carbons (Fsp3) is 0.571. The lowest BCUT2D eigenvalue weighted by Gasteiger charge is -2.18. The number of likely N-dealkylation sites (N-methyl/N-ethyl adjacent to an activating group) is 1. The summed E-state index contributed by atoms with van der Waals surface area (Å²) < 4.78 is 0. The van der Waals surface area contributed by atoms with Crippen LogP contribution in [0, 0.1) is 0 Å². The SMILES string of the molecule is CCc1cc(C(=O)NCCN(CC)CC)cc(N)n1. The number of nitrogens with one attached hydrogen (secondary N) is 1. The molecule has 3 N–H and O–H groups in total. The van der Waals surface area contributed by atoms with E-state index in [0.29, 0.717) is 17.9 Å². The molecule has 0 atom stereocenters. The number of hydrogen-bond acceptors (Lipinski definition) is 4. The molecular formula is C14H24N4O. The van der Waals surface area contributed by atoms with Crippen LogP contribution in [-0.4, -0.2) is 42.0 Å². The quantitative estimate of drug-likeness (QED) is 0.778. The highest BCUT2D eigenvalue weighted by molar-refractivity contribution is 5.94. The van der Waals surface area contributed by atoms with Gasteiger partial charge in [-0.2, -0.15) is 0 Å². The Labute approximate surface area is 115 Å². The molecule has 19 heavy (non-hydrogen) atoms. The van der Waals surface area contributed by atoms with E-state index in [-0.39, 0.29) is 5.91 Å². The van der Waals surface area contributed by atoms with Gasteiger partial charge in [-0.3, -0.25) is 4.79 Å². The van der Waals surface area contributed by atoms with Gasteiger partial charge >= 0.3 is 0 Å². The van der Waals surface area contributed by atoms with E-state index in [2.05, 4.69) is 29.0 Å². The molecule has 0 bridgehead atoms. The Kier molecular flexibility index (Phi) is 6.29. The van der Waals surface area contributed by atoms with Gasteiger partial charge < -0.3 is 16.0 Å². The molecule has 1 rings (SSSR count). The number of hydrogen-bond donors (Lipinski definition) is 2. The number of nitrogens with two attached hydrogens (primary N) is 1. The number of aryl methyl sites for hydroxylation is 1. The summed E-state index contributed by atoms with van der Waals surface area (Å²) in [6.07, 6.45) is 0.769. The van der Waals surface area contributed by atoms with Crippen LogP contribution < -0.4 is 11.1 Å². The third-order valence-electron chi connectivity index (χ3n) is 3.13. The maximum atomic E-state index is 12.0. The first-order valence-electron chi connectivity index (χ1n) is 6.87. The van der Waals surface area contributed by atoms with Crippen molar-refractivity contribution in [3.8, 4) is 0 Å². The second kappa shape index (κ2) is 7.74. The maximum absolute atomic E-state index is 12.0. The maximum Gasteiger partial charge on any atom is 0.251 e. The Morgan fingerprint density at radius 2 is 2.00 bits per heavy atom. The van der Waals surface area contributed by atoms with E-state index in [1.54, 1.807) is 12.1 Å². The molecule has 0 aliphatic heterocycles. The topological polar surface area (TPSA) is 71.2 Å². The number of rotatable bonds is 7. The Morgan fingerprint density at radius 1 is 1.32 bits per heavy atom. The van der Waals surface area contributed by atoms with Gasteiger partial charge in [-0.25, -0.2) is 4.98 Å². The first-order chi connectivity index (χ1) is 9.10. The summed E-state index contributed by atoms with van der Waals surface area (Å²) in [5.74, 6) is 0.309. The average Bonchev–Trinajstić information content (AvgIpc) is 2.42. The monoisotopic (exact) mass is 264 g/mol. The van der Waals surface area contributed by atoms with Crippen molar-refractivity contribution in [3.05, 3.63) is 23.4 Å². The summed E-state index contributed by atoms with van der Waals surface area (Å²) in [6.45, 7) is 9.71. The normalized spacial score (nSPS) is 10.7. The largest absolute Gasteiger partial charge is 0.384 e. The number of amides is 1. The van der Waals surface area contributed by atoms with E-state index in [4.69, 9.17) is 5.73 Å². The molecule has 0 fully saturated rings. The van der Waals surface area contributed by atoms with Gasteiger partial charge in [0.25, 0.3) is 5.91 Å². The van der Waals surface area contributed by atoms with Gasteiger partial charge in [0.15, 0.2) is 0 Å². The summed E-state index contributed by atoms with van der Waals surface area (Å²) in [6, 6.07) is 3.41. The van der Waals surface area contributed by atoms with Gasteiger partial charge in [0, 0.05) is 24.3 Å². The zero-order valence-electron chi connectivity index (χ0n) is 12.1. The molecule has 0 unspecified atom stereocenters. The van der Waals surface area contributed by atoms with Crippen molar-refractivity contribution in [3.63, 3.8) is 0 Å². The molecule has 1 aromatic heterocycles. The fourth-order valence-corrected chi connectivity index (χ4v) is 1.89. The zero-order chi connectivity index (χ0) is 14.3. The van der Waals surface area contributed by atoms with Gasteiger partial charge in [-0.05, 0) is 31.6 Å². The Balaban J connectivity index is 2.56. The molecule has 1 heterocycles. The molecule has 5 heteroatoms. The van der Waals surface area contributed by atoms with Gasteiger partial charge in [0.1, 0.15) is 5.82 Å². The Morgan fingerprint density at radius 3 is 2.58 bits per heavy atom. The summed E-state index contributed by atoms with van der Waals surface area (Å²) >= 11 is 0. The van der Waals surface area contributed by atoms with Crippen LogP contribution in [0.2, 0.25) is 0 Å². The molecule has 106 valence electrons.